The van der Waals surface area contributed by atoms with Gasteiger partial charge in [0, 0.05) is 11.3 Å². The number of pyridine rings is 1. The van der Waals surface area contributed by atoms with Crippen molar-refractivity contribution < 1.29 is 23.0 Å². The van der Waals surface area contributed by atoms with Crippen LogP contribution in [0.5, 0.6) is 11.5 Å². The molecule has 0 bridgehead atoms. The second kappa shape index (κ2) is 7.53. The van der Waals surface area contributed by atoms with Gasteiger partial charge in [-0.2, -0.15) is 8.78 Å². The van der Waals surface area contributed by atoms with E-state index in [1.165, 1.54) is 18.2 Å². The molecule has 0 fully saturated rings. The van der Waals surface area contributed by atoms with E-state index in [2.05, 4.69) is 15.0 Å². The second-order valence-electron chi connectivity index (χ2n) is 4.59. The summed E-state index contributed by atoms with van der Waals surface area (Å²) in [5.41, 5.74) is 1.01. The van der Waals surface area contributed by atoms with Crippen LogP contribution in [-0.2, 0) is 0 Å². The first kappa shape index (κ1) is 16.7. The molecule has 5 nitrogen and oxygen atoms in total. The minimum Gasteiger partial charge on any atom is -0.490 e. The number of nitrogens with zero attached hydrogens (tertiary/aromatic N) is 1. The molecule has 1 heterocycles. The molecule has 122 valence electrons. The highest BCUT2D eigenvalue weighted by molar-refractivity contribution is 6.04. The van der Waals surface area contributed by atoms with Crippen molar-refractivity contribution in [2.45, 2.75) is 20.5 Å². The van der Waals surface area contributed by atoms with E-state index in [1.54, 1.807) is 32.0 Å². The number of amides is 1. The molecule has 1 N–H and O–H groups in total. The maximum atomic E-state index is 12.4. The largest absolute Gasteiger partial charge is 0.490 e. The lowest BCUT2D eigenvalue weighted by molar-refractivity contribution is -0.0514. The minimum absolute atomic E-state index is 0.0812. The van der Waals surface area contributed by atoms with Gasteiger partial charge in [-0.15, -0.1) is 0 Å². The van der Waals surface area contributed by atoms with Crippen LogP contribution in [0.1, 0.15) is 23.0 Å². The second-order valence-corrected chi connectivity index (χ2v) is 4.59. The predicted molar refractivity (Wildman–Crippen MR) is 81.2 cm³/mol. The molecular weight excluding hydrogens is 306 g/mol. The molecular formula is C16H16F2N2O3. The minimum atomic E-state index is -2.97. The van der Waals surface area contributed by atoms with Gasteiger partial charge in [-0.25, -0.2) is 4.98 Å². The van der Waals surface area contributed by atoms with Crippen molar-refractivity contribution in [3.8, 4) is 11.5 Å². The van der Waals surface area contributed by atoms with Gasteiger partial charge in [0.15, 0.2) is 11.5 Å². The van der Waals surface area contributed by atoms with Crippen molar-refractivity contribution in [1.82, 2.24) is 4.98 Å². The Balaban J connectivity index is 2.21. The highest BCUT2D eigenvalue weighted by atomic mass is 19.3. The summed E-state index contributed by atoms with van der Waals surface area (Å²) >= 11 is 0. The molecule has 0 radical (unpaired) electrons. The zero-order valence-electron chi connectivity index (χ0n) is 12.7. The van der Waals surface area contributed by atoms with Gasteiger partial charge in [0.05, 0.1) is 6.61 Å². The van der Waals surface area contributed by atoms with Crippen molar-refractivity contribution in [1.29, 1.82) is 0 Å². The van der Waals surface area contributed by atoms with E-state index in [0.29, 0.717) is 5.82 Å². The van der Waals surface area contributed by atoms with Gasteiger partial charge in [0.1, 0.15) is 5.82 Å². The van der Waals surface area contributed by atoms with Gasteiger partial charge in [-0.3, -0.25) is 4.79 Å². The van der Waals surface area contributed by atoms with Crippen molar-refractivity contribution in [2.75, 3.05) is 11.9 Å². The van der Waals surface area contributed by atoms with Crippen molar-refractivity contribution >= 4 is 11.7 Å². The van der Waals surface area contributed by atoms with Gasteiger partial charge in [-0.05, 0) is 44.2 Å². The highest BCUT2D eigenvalue weighted by Gasteiger charge is 2.15. The topological polar surface area (TPSA) is 60.5 Å². The highest BCUT2D eigenvalue weighted by Crippen LogP contribution is 2.30. The third-order valence-electron chi connectivity index (χ3n) is 2.85. The molecule has 2 aromatic rings. The summed E-state index contributed by atoms with van der Waals surface area (Å²) in [5.74, 6) is -0.0572. The number of benzene rings is 1. The molecule has 0 aliphatic carbocycles. The van der Waals surface area contributed by atoms with E-state index in [-0.39, 0.29) is 23.7 Å². The number of anilines is 1. The number of carbonyl (C=O) groups excluding carboxylic acids is 1. The summed E-state index contributed by atoms with van der Waals surface area (Å²) in [6.45, 7) is 0.796. The SMILES string of the molecule is CCOc1cc(C(=O)Nc2cccc(C)n2)ccc1OC(F)F. The fraction of sp³-hybridized carbons (Fsp3) is 0.250. The number of nitrogens with one attached hydrogen (secondary N) is 1. The van der Waals surface area contributed by atoms with Crippen molar-refractivity contribution in [2.24, 2.45) is 0 Å². The zero-order valence-corrected chi connectivity index (χ0v) is 12.7. The van der Waals surface area contributed by atoms with E-state index >= 15 is 0 Å². The third-order valence-corrected chi connectivity index (χ3v) is 2.85. The van der Waals surface area contributed by atoms with E-state index in [4.69, 9.17) is 4.74 Å². The Kier molecular flexibility index (Phi) is 5.46. The maximum Gasteiger partial charge on any atom is 0.387 e. The summed E-state index contributed by atoms with van der Waals surface area (Å²) in [6, 6.07) is 9.23. The molecule has 1 amide bonds. The van der Waals surface area contributed by atoms with Crippen LogP contribution in [-0.4, -0.2) is 24.1 Å². The smallest absolute Gasteiger partial charge is 0.387 e. The van der Waals surface area contributed by atoms with E-state index in [9.17, 15) is 13.6 Å². The molecule has 0 saturated heterocycles. The fourth-order valence-electron chi connectivity index (χ4n) is 1.91. The first-order chi connectivity index (χ1) is 11.0. The number of halogens is 2. The lowest BCUT2D eigenvalue weighted by Gasteiger charge is -2.12. The lowest BCUT2D eigenvalue weighted by Crippen LogP contribution is -2.14. The Morgan fingerprint density at radius 3 is 2.70 bits per heavy atom. The molecule has 1 aromatic heterocycles. The third kappa shape index (κ3) is 4.64. The zero-order chi connectivity index (χ0) is 16.8. The van der Waals surface area contributed by atoms with Crippen molar-refractivity contribution in [3.63, 3.8) is 0 Å². The Labute approximate surface area is 132 Å². The summed E-state index contributed by atoms with van der Waals surface area (Å²) in [7, 11) is 0. The summed E-state index contributed by atoms with van der Waals surface area (Å²) in [5, 5.41) is 2.63. The number of carbonyl (C=O) groups is 1. The maximum absolute atomic E-state index is 12.4. The molecule has 0 saturated carbocycles. The Hall–Kier alpha value is -2.70. The molecule has 0 aliphatic heterocycles. The number of aromatic nitrogens is 1. The summed E-state index contributed by atoms with van der Waals surface area (Å²) < 4.78 is 34.3. The predicted octanol–water partition coefficient (Wildman–Crippen LogP) is 3.64. The molecule has 1 aromatic carbocycles. The van der Waals surface area contributed by atoms with Crippen LogP contribution >= 0.6 is 0 Å². The number of rotatable bonds is 6. The standard InChI is InChI=1S/C16H16F2N2O3/c1-3-22-13-9-11(7-8-12(13)23-16(17)18)15(21)20-14-6-4-5-10(2)19-14/h4-9,16H,3H2,1-2H3,(H,19,20,21). The molecule has 0 spiro atoms. The molecule has 2 rings (SSSR count). The lowest BCUT2D eigenvalue weighted by atomic mass is 10.2. The average molecular weight is 322 g/mol. The molecule has 7 heteroatoms. The monoisotopic (exact) mass is 322 g/mol. The molecule has 0 unspecified atom stereocenters. The van der Waals surface area contributed by atoms with Gasteiger partial charge in [0.2, 0.25) is 0 Å². The van der Waals surface area contributed by atoms with E-state index in [0.717, 1.165) is 5.69 Å². The van der Waals surface area contributed by atoms with Crippen LogP contribution in [0, 0.1) is 6.92 Å². The number of alkyl halides is 2. The number of aryl methyl sites for hydroxylation is 1. The Morgan fingerprint density at radius 2 is 2.04 bits per heavy atom. The van der Waals surface area contributed by atoms with Crippen LogP contribution in [0.4, 0.5) is 14.6 Å². The Morgan fingerprint density at radius 1 is 1.26 bits per heavy atom. The van der Waals surface area contributed by atoms with Gasteiger partial charge >= 0.3 is 6.61 Å². The molecule has 23 heavy (non-hydrogen) atoms. The molecule has 0 atom stereocenters. The first-order valence-electron chi connectivity index (χ1n) is 6.96. The average Bonchev–Trinajstić information content (AvgIpc) is 2.48. The number of hydrogen-bond acceptors (Lipinski definition) is 4. The first-order valence-corrected chi connectivity index (χ1v) is 6.96. The fourth-order valence-corrected chi connectivity index (χ4v) is 1.91. The van der Waals surface area contributed by atoms with Crippen LogP contribution in [0.2, 0.25) is 0 Å². The summed E-state index contributed by atoms with van der Waals surface area (Å²) in [4.78, 5) is 16.4. The van der Waals surface area contributed by atoms with Crippen LogP contribution in [0.25, 0.3) is 0 Å². The Bertz CT molecular complexity index is 693. The van der Waals surface area contributed by atoms with Crippen LogP contribution in [0.3, 0.4) is 0 Å². The van der Waals surface area contributed by atoms with Gasteiger partial charge in [-0.1, -0.05) is 6.07 Å². The quantitative estimate of drug-likeness (QED) is 0.882. The van der Waals surface area contributed by atoms with Gasteiger partial charge < -0.3 is 14.8 Å². The van der Waals surface area contributed by atoms with Crippen LogP contribution in [0.15, 0.2) is 36.4 Å². The molecule has 0 aliphatic rings. The van der Waals surface area contributed by atoms with Gasteiger partial charge in [0.25, 0.3) is 5.91 Å². The van der Waals surface area contributed by atoms with Crippen molar-refractivity contribution in [3.05, 3.63) is 47.7 Å². The van der Waals surface area contributed by atoms with E-state index in [1.807, 2.05) is 0 Å². The number of hydrogen-bond donors (Lipinski definition) is 1. The normalized spacial score (nSPS) is 10.5. The van der Waals surface area contributed by atoms with E-state index < -0.39 is 12.5 Å². The summed E-state index contributed by atoms with van der Waals surface area (Å²) in [6.07, 6.45) is 0. The van der Waals surface area contributed by atoms with Crippen LogP contribution < -0.4 is 14.8 Å². The number of ether oxygens (including phenoxy) is 2.